The van der Waals surface area contributed by atoms with Gasteiger partial charge in [0.25, 0.3) is 5.91 Å². The second kappa shape index (κ2) is 10.6. The van der Waals surface area contributed by atoms with Gasteiger partial charge in [-0.2, -0.15) is 0 Å². The van der Waals surface area contributed by atoms with E-state index < -0.39 is 0 Å². The highest BCUT2D eigenvalue weighted by molar-refractivity contribution is 7.99. The van der Waals surface area contributed by atoms with Gasteiger partial charge in [0.1, 0.15) is 0 Å². The summed E-state index contributed by atoms with van der Waals surface area (Å²) in [7, 11) is 0. The molecule has 2 amide bonds. The first-order valence-corrected chi connectivity index (χ1v) is 10.9. The summed E-state index contributed by atoms with van der Waals surface area (Å²) in [6.07, 6.45) is 4.41. The van der Waals surface area contributed by atoms with Crippen molar-refractivity contribution in [2.75, 3.05) is 5.75 Å². The largest absolute Gasteiger partial charge is 0.353 e. The Labute approximate surface area is 181 Å². The first-order valence-electron chi connectivity index (χ1n) is 9.95. The van der Waals surface area contributed by atoms with Crippen molar-refractivity contribution in [1.29, 1.82) is 0 Å². The van der Waals surface area contributed by atoms with Crippen molar-refractivity contribution in [3.05, 3.63) is 78.1 Å². The van der Waals surface area contributed by atoms with Gasteiger partial charge >= 0.3 is 0 Å². The van der Waals surface area contributed by atoms with Crippen LogP contribution in [0.25, 0.3) is 5.69 Å². The molecule has 7 heteroatoms. The normalized spacial score (nSPS) is 11.7. The van der Waals surface area contributed by atoms with Gasteiger partial charge in [-0.15, -0.1) is 0 Å². The molecule has 6 nitrogen and oxygen atoms in total. The van der Waals surface area contributed by atoms with Crippen LogP contribution in [0.5, 0.6) is 0 Å². The lowest BCUT2D eigenvalue weighted by molar-refractivity contribution is -0.119. The summed E-state index contributed by atoms with van der Waals surface area (Å²) in [5, 5.41) is 6.60. The SMILES string of the molecule is CC[C@H](C)NC(=O)CSc1nccn1-c1cccc(C(=O)NCc2ccccc2)c1. The van der Waals surface area contributed by atoms with E-state index in [2.05, 4.69) is 15.6 Å². The topological polar surface area (TPSA) is 76.0 Å². The van der Waals surface area contributed by atoms with Crippen molar-refractivity contribution < 1.29 is 9.59 Å². The van der Waals surface area contributed by atoms with E-state index in [-0.39, 0.29) is 17.9 Å². The number of carbonyl (C=O) groups is 2. The van der Waals surface area contributed by atoms with Crippen LogP contribution in [0.1, 0.15) is 36.2 Å². The Hall–Kier alpha value is -3.06. The molecule has 156 valence electrons. The van der Waals surface area contributed by atoms with Gasteiger partial charge in [-0.25, -0.2) is 4.98 Å². The Balaban J connectivity index is 1.65. The van der Waals surface area contributed by atoms with Crippen molar-refractivity contribution >= 4 is 23.6 Å². The van der Waals surface area contributed by atoms with Crippen LogP contribution >= 0.6 is 11.8 Å². The second-order valence-electron chi connectivity index (χ2n) is 6.96. The maximum Gasteiger partial charge on any atom is 0.251 e. The fourth-order valence-electron chi connectivity index (χ4n) is 2.82. The molecule has 0 aliphatic carbocycles. The number of nitrogens with one attached hydrogen (secondary N) is 2. The van der Waals surface area contributed by atoms with Gasteiger partial charge in [0.15, 0.2) is 5.16 Å². The molecule has 0 fully saturated rings. The van der Waals surface area contributed by atoms with Crippen LogP contribution in [0.4, 0.5) is 0 Å². The average molecular weight is 423 g/mol. The van der Waals surface area contributed by atoms with Crippen LogP contribution < -0.4 is 10.6 Å². The number of hydrogen-bond acceptors (Lipinski definition) is 4. The van der Waals surface area contributed by atoms with E-state index in [0.29, 0.717) is 23.0 Å². The quantitative estimate of drug-likeness (QED) is 0.514. The number of rotatable bonds is 9. The Kier molecular flexibility index (Phi) is 7.68. The van der Waals surface area contributed by atoms with E-state index in [1.165, 1.54) is 11.8 Å². The third-order valence-electron chi connectivity index (χ3n) is 4.64. The number of imidazole rings is 1. The van der Waals surface area contributed by atoms with Gasteiger partial charge in [0, 0.05) is 36.2 Å². The summed E-state index contributed by atoms with van der Waals surface area (Å²) in [4.78, 5) is 29.0. The molecule has 0 spiro atoms. The summed E-state index contributed by atoms with van der Waals surface area (Å²) in [5.41, 5.74) is 2.44. The molecule has 0 aliphatic heterocycles. The molecule has 3 aromatic rings. The van der Waals surface area contributed by atoms with Crippen molar-refractivity contribution in [1.82, 2.24) is 20.2 Å². The third-order valence-corrected chi connectivity index (χ3v) is 5.61. The zero-order valence-corrected chi connectivity index (χ0v) is 18.0. The summed E-state index contributed by atoms with van der Waals surface area (Å²) in [6, 6.07) is 17.3. The molecular weight excluding hydrogens is 396 g/mol. The number of carbonyl (C=O) groups excluding carboxylic acids is 2. The standard InChI is InChI=1S/C23H26N4O2S/c1-3-17(2)26-21(28)16-30-23-24-12-13-27(23)20-11-7-10-19(14-20)22(29)25-15-18-8-5-4-6-9-18/h4-14,17H,3,15-16H2,1-2H3,(H,25,29)(H,26,28)/t17-/m0/s1. The lowest BCUT2D eigenvalue weighted by Crippen LogP contribution is -2.33. The van der Waals surface area contributed by atoms with Crippen LogP contribution in [0.3, 0.4) is 0 Å². The molecule has 0 radical (unpaired) electrons. The molecule has 0 unspecified atom stereocenters. The molecule has 0 saturated carbocycles. The van der Waals surface area contributed by atoms with E-state index >= 15 is 0 Å². The summed E-state index contributed by atoms with van der Waals surface area (Å²) >= 11 is 1.37. The van der Waals surface area contributed by atoms with Crippen LogP contribution in [0.15, 0.2) is 72.1 Å². The molecule has 2 N–H and O–H groups in total. The highest BCUT2D eigenvalue weighted by Crippen LogP contribution is 2.21. The number of benzene rings is 2. The van der Waals surface area contributed by atoms with E-state index in [1.807, 2.05) is 73.1 Å². The van der Waals surface area contributed by atoms with Gasteiger partial charge in [0.2, 0.25) is 5.91 Å². The summed E-state index contributed by atoms with van der Waals surface area (Å²) < 4.78 is 1.88. The predicted octanol–water partition coefficient (Wildman–Crippen LogP) is 3.81. The first kappa shape index (κ1) is 21.6. The minimum atomic E-state index is -0.136. The van der Waals surface area contributed by atoms with E-state index in [1.54, 1.807) is 12.3 Å². The third kappa shape index (κ3) is 5.97. The first-order chi connectivity index (χ1) is 14.6. The monoisotopic (exact) mass is 422 g/mol. The molecule has 3 rings (SSSR count). The molecular formula is C23H26N4O2S. The van der Waals surface area contributed by atoms with E-state index in [9.17, 15) is 9.59 Å². The lowest BCUT2D eigenvalue weighted by Gasteiger charge is -2.12. The molecule has 0 aliphatic rings. The predicted molar refractivity (Wildman–Crippen MR) is 120 cm³/mol. The minimum Gasteiger partial charge on any atom is -0.353 e. The Morgan fingerprint density at radius 3 is 2.70 bits per heavy atom. The zero-order valence-electron chi connectivity index (χ0n) is 17.2. The zero-order chi connectivity index (χ0) is 21.3. The molecule has 1 heterocycles. The molecule has 30 heavy (non-hydrogen) atoms. The Morgan fingerprint density at radius 2 is 1.93 bits per heavy atom. The smallest absolute Gasteiger partial charge is 0.251 e. The second-order valence-corrected chi connectivity index (χ2v) is 7.91. The number of amides is 2. The molecule has 0 bridgehead atoms. The Bertz CT molecular complexity index is 988. The van der Waals surface area contributed by atoms with Crippen molar-refractivity contribution in [3.63, 3.8) is 0 Å². The molecule has 1 aromatic heterocycles. The highest BCUT2D eigenvalue weighted by Gasteiger charge is 2.12. The van der Waals surface area contributed by atoms with Crippen molar-refractivity contribution in [3.8, 4) is 5.69 Å². The average Bonchev–Trinajstić information content (AvgIpc) is 3.25. The van der Waals surface area contributed by atoms with Crippen LogP contribution in [-0.2, 0) is 11.3 Å². The van der Waals surface area contributed by atoms with Crippen LogP contribution in [0, 0.1) is 0 Å². The molecule has 2 aromatic carbocycles. The van der Waals surface area contributed by atoms with Gasteiger partial charge in [0.05, 0.1) is 5.75 Å². The number of nitrogens with zero attached hydrogens (tertiary/aromatic N) is 2. The van der Waals surface area contributed by atoms with Crippen LogP contribution in [0.2, 0.25) is 0 Å². The van der Waals surface area contributed by atoms with Gasteiger partial charge in [-0.05, 0) is 37.1 Å². The summed E-state index contributed by atoms with van der Waals surface area (Å²) in [5.74, 6) is 0.138. The molecule has 1 atom stereocenters. The fraction of sp³-hybridized carbons (Fsp3) is 0.261. The van der Waals surface area contributed by atoms with Gasteiger partial charge in [-0.1, -0.05) is 55.1 Å². The maximum atomic E-state index is 12.6. The number of hydrogen-bond donors (Lipinski definition) is 2. The minimum absolute atomic E-state index is 0.0158. The van der Waals surface area contributed by atoms with E-state index in [4.69, 9.17) is 0 Å². The Morgan fingerprint density at radius 1 is 1.13 bits per heavy atom. The van der Waals surface area contributed by atoms with Crippen molar-refractivity contribution in [2.45, 2.75) is 38.0 Å². The molecule has 0 saturated heterocycles. The van der Waals surface area contributed by atoms with Crippen LogP contribution in [-0.4, -0.2) is 33.2 Å². The summed E-state index contributed by atoms with van der Waals surface area (Å²) in [6.45, 7) is 4.49. The van der Waals surface area contributed by atoms with Gasteiger partial charge in [-0.3, -0.25) is 14.2 Å². The van der Waals surface area contributed by atoms with E-state index in [0.717, 1.165) is 17.7 Å². The fourth-order valence-corrected chi connectivity index (χ4v) is 3.60. The number of thioether (sulfide) groups is 1. The number of aromatic nitrogens is 2. The lowest BCUT2D eigenvalue weighted by atomic mass is 10.1. The maximum absolute atomic E-state index is 12.6. The highest BCUT2D eigenvalue weighted by atomic mass is 32.2. The van der Waals surface area contributed by atoms with Crippen molar-refractivity contribution in [2.24, 2.45) is 0 Å². The van der Waals surface area contributed by atoms with Gasteiger partial charge < -0.3 is 10.6 Å².